The first kappa shape index (κ1) is 22.7. The molecule has 0 spiro atoms. The van der Waals surface area contributed by atoms with Crippen LogP contribution in [0.25, 0.3) is 16.8 Å². The summed E-state index contributed by atoms with van der Waals surface area (Å²) in [4.78, 5) is 10.5. The van der Waals surface area contributed by atoms with Crippen LogP contribution >= 0.6 is 11.6 Å². The number of rotatable bonds is 6. The van der Waals surface area contributed by atoms with Gasteiger partial charge >= 0.3 is 0 Å². The second-order valence-corrected chi connectivity index (χ2v) is 9.89. The third-order valence-electron chi connectivity index (χ3n) is 5.61. The lowest BCUT2D eigenvalue weighted by Gasteiger charge is -2.26. The Hall–Kier alpha value is -3.05. The van der Waals surface area contributed by atoms with Gasteiger partial charge in [-0.2, -0.15) is 0 Å². The largest absolute Gasteiger partial charge is 0.379 e. The maximum Gasteiger partial charge on any atom is 0.264 e. The molecule has 5 rings (SSSR count). The second kappa shape index (κ2) is 9.30. The third kappa shape index (κ3) is 4.62. The molecule has 3 aromatic heterocycles. The summed E-state index contributed by atoms with van der Waals surface area (Å²) in [6, 6.07) is 10.5. The quantitative estimate of drug-likeness (QED) is 0.404. The summed E-state index contributed by atoms with van der Waals surface area (Å²) in [5.74, 6) is -0.853. The molecular formula is C23H21ClFN5O3S. The molecule has 11 heteroatoms. The number of benzene rings is 1. The van der Waals surface area contributed by atoms with Gasteiger partial charge in [-0.1, -0.05) is 23.7 Å². The van der Waals surface area contributed by atoms with E-state index in [2.05, 4.69) is 19.6 Å². The number of nitrogens with one attached hydrogen (secondary N) is 1. The molecule has 0 radical (unpaired) electrons. The van der Waals surface area contributed by atoms with Crippen molar-refractivity contribution in [2.24, 2.45) is 0 Å². The Morgan fingerprint density at radius 1 is 1.06 bits per heavy atom. The Kier molecular flexibility index (Phi) is 6.22. The number of sulfonamides is 1. The summed E-state index contributed by atoms with van der Waals surface area (Å²) < 4.78 is 49.3. The third-order valence-corrected chi connectivity index (χ3v) is 7.31. The highest BCUT2D eigenvalue weighted by Crippen LogP contribution is 2.29. The lowest BCUT2D eigenvalue weighted by atomic mass is 10.1. The van der Waals surface area contributed by atoms with Crippen LogP contribution in [0.15, 0.2) is 66.0 Å². The molecule has 0 atom stereocenters. The Bertz CT molecular complexity index is 1450. The Morgan fingerprint density at radius 2 is 1.85 bits per heavy atom. The average Bonchev–Trinajstić information content (AvgIpc) is 3.23. The Balaban J connectivity index is 1.46. The number of ether oxygens (including phenoxy) is 1. The molecule has 0 unspecified atom stereocenters. The summed E-state index contributed by atoms with van der Waals surface area (Å²) in [5, 5.41) is -0.0413. The van der Waals surface area contributed by atoms with E-state index in [0.29, 0.717) is 18.8 Å². The van der Waals surface area contributed by atoms with E-state index in [-0.39, 0.29) is 10.8 Å². The molecule has 4 heterocycles. The SMILES string of the molecule is O=S(=O)(Nc1cc(-c2ccc3ncc(CN4CCOCC4)n3c2)cnc1Cl)c1ccccc1F. The number of halogens is 2. The maximum absolute atomic E-state index is 14.1. The average molecular weight is 502 g/mol. The van der Waals surface area contributed by atoms with Crippen molar-refractivity contribution in [1.29, 1.82) is 0 Å². The van der Waals surface area contributed by atoms with Gasteiger partial charge in [0.2, 0.25) is 0 Å². The van der Waals surface area contributed by atoms with Crippen LogP contribution < -0.4 is 4.72 Å². The first-order valence-corrected chi connectivity index (χ1v) is 12.5. The molecule has 1 aliphatic heterocycles. The molecule has 1 fully saturated rings. The molecule has 0 aliphatic carbocycles. The molecule has 0 saturated carbocycles. The van der Waals surface area contributed by atoms with Crippen molar-refractivity contribution in [3.05, 3.63) is 77.7 Å². The lowest BCUT2D eigenvalue weighted by molar-refractivity contribution is 0.0335. The number of pyridine rings is 2. The Morgan fingerprint density at radius 3 is 2.65 bits per heavy atom. The standard InChI is InChI=1S/C23H21ClFN5O3S/c24-23-20(28-34(31,32)21-4-2-1-3-19(21)25)11-17(12-27-23)16-5-6-22-26-13-18(30(22)14-16)15-29-7-9-33-10-8-29/h1-6,11-14,28H,7-10,15H2. The van der Waals surface area contributed by atoms with Gasteiger partial charge in [0.25, 0.3) is 10.0 Å². The number of aromatic nitrogens is 3. The summed E-state index contributed by atoms with van der Waals surface area (Å²) in [5.41, 5.74) is 3.32. The van der Waals surface area contributed by atoms with Gasteiger partial charge in [0.15, 0.2) is 5.15 Å². The summed E-state index contributed by atoms with van der Waals surface area (Å²) in [6.45, 7) is 3.88. The fourth-order valence-corrected chi connectivity index (χ4v) is 5.19. The maximum atomic E-state index is 14.1. The van der Waals surface area contributed by atoms with Crippen LogP contribution in [0.5, 0.6) is 0 Å². The van der Waals surface area contributed by atoms with E-state index in [0.717, 1.165) is 42.6 Å². The fraction of sp³-hybridized carbons (Fsp3) is 0.217. The zero-order chi connectivity index (χ0) is 23.7. The lowest BCUT2D eigenvalue weighted by Crippen LogP contribution is -2.35. The zero-order valence-electron chi connectivity index (χ0n) is 18.0. The molecule has 4 aromatic rings. The van der Waals surface area contributed by atoms with E-state index in [1.54, 1.807) is 12.3 Å². The highest BCUT2D eigenvalue weighted by Gasteiger charge is 2.21. The number of imidazole rings is 1. The minimum absolute atomic E-state index is 0.0413. The number of fused-ring (bicyclic) bond motifs is 1. The molecule has 1 N–H and O–H groups in total. The van der Waals surface area contributed by atoms with Crippen LogP contribution in [0.1, 0.15) is 5.69 Å². The minimum Gasteiger partial charge on any atom is -0.379 e. The fourth-order valence-electron chi connectivity index (χ4n) is 3.85. The van der Waals surface area contributed by atoms with Crippen molar-refractivity contribution in [3.8, 4) is 11.1 Å². The van der Waals surface area contributed by atoms with E-state index in [1.165, 1.54) is 18.2 Å². The summed E-state index contributed by atoms with van der Waals surface area (Å²) >= 11 is 6.17. The number of hydrogen-bond acceptors (Lipinski definition) is 6. The minimum atomic E-state index is -4.19. The molecule has 176 valence electrons. The molecule has 0 amide bonds. The van der Waals surface area contributed by atoms with Gasteiger partial charge < -0.3 is 9.14 Å². The van der Waals surface area contributed by atoms with E-state index in [1.807, 2.05) is 28.9 Å². The predicted molar refractivity (Wildman–Crippen MR) is 127 cm³/mol. The van der Waals surface area contributed by atoms with E-state index < -0.39 is 20.7 Å². The molecule has 1 saturated heterocycles. The van der Waals surface area contributed by atoms with Crippen molar-refractivity contribution in [2.75, 3.05) is 31.0 Å². The summed E-state index contributed by atoms with van der Waals surface area (Å²) in [6.07, 6.45) is 5.34. The van der Waals surface area contributed by atoms with Gasteiger partial charge in [0.1, 0.15) is 16.4 Å². The van der Waals surface area contributed by atoms with Crippen LogP contribution in [0.3, 0.4) is 0 Å². The Labute approximate surface area is 201 Å². The van der Waals surface area contributed by atoms with Gasteiger partial charge in [-0.15, -0.1) is 0 Å². The monoisotopic (exact) mass is 501 g/mol. The van der Waals surface area contributed by atoms with Gasteiger partial charge in [0, 0.05) is 43.2 Å². The number of hydrogen-bond donors (Lipinski definition) is 1. The van der Waals surface area contributed by atoms with Crippen molar-refractivity contribution < 1.29 is 17.5 Å². The van der Waals surface area contributed by atoms with Crippen molar-refractivity contribution in [3.63, 3.8) is 0 Å². The number of nitrogens with zero attached hydrogens (tertiary/aromatic N) is 4. The number of anilines is 1. The van der Waals surface area contributed by atoms with Crippen LogP contribution in [0, 0.1) is 5.82 Å². The first-order valence-electron chi connectivity index (χ1n) is 10.6. The zero-order valence-corrected chi connectivity index (χ0v) is 19.6. The van der Waals surface area contributed by atoms with Crippen LogP contribution in [0.2, 0.25) is 5.15 Å². The topological polar surface area (TPSA) is 88.8 Å². The van der Waals surface area contributed by atoms with Crippen molar-refractivity contribution >= 4 is 33.0 Å². The molecule has 0 bridgehead atoms. The molecule has 1 aliphatic rings. The normalized spacial score (nSPS) is 15.0. The van der Waals surface area contributed by atoms with E-state index in [4.69, 9.17) is 16.3 Å². The predicted octanol–water partition coefficient (Wildman–Crippen LogP) is 3.82. The van der Waals surface area contributed by atoms with Gasteiger partial charge in [-0.25, -0.2) is 22.8 Å². The van der Waals surface area contributed by atoms with E-state index >= 15 is 0 Å². The van der Waals surface area contributed by atoms with E-state index in [9.17, 15) is 12.8 Å². The van der Waals surface area contributed by atoms with Crippen LogP contribution in [-0.4, -0.2) is 54.0 Å². The highest BCUT2D eigenvalue weighted by molar-refractivity contribution is 7.92. The first-order chi connectivity index (χ1) is 16.4. The van der Waals surface area contributed by atoms with Gasteiger partial charge in [-0.3, -0.25) is 9.62 Å². The highest BCUT2D eigenvalue weighted by atomic mass is 35.5. The van der Waals surface area contributed by atoms with Gasteiger partial charge in [0.05, 0.1) is 30.8 Å². The molecule has 8 nitrogen and oxygen atoms in total. The molecular weight excluding hydrogens is 481 g/mol. The van der Waals surface area contributed by atoms with Crippen LogP contribution in [-0.2, 0) is 21.3 Å². The number of morpholine rings is 1. The summed E-state index contributed by atoms with van der Waals surface area (Å²) in [7, 11) is -4.19. The van der Waals surface area contributed by atoms with Crippen molar-refractivity contribution in [1.82, 2.24) is 19.3 Å². The van der Waals surface area contributed by atoms with Crippen molar-refractivity contribution in [2.45, 2.75) is 11.4 Å². The smallest absolute Gasteiger partial charge is 0.264 e. The second-order valence-electron chi connectivity index (χ2n) is 7.88. The van der Waals surface area contributed by atoms with Crippen LogP contribution in [0.4, 0.5) is 10.1 Å². The molecule has 34 heavy (non-hydrogen) atoms. The molecule has 1 aromatic carbocycles. The van der Waals surface area contributed by atoms with Gasteiger partial charge in [-0.05, 0) is 30.3 Å².